The van der Waals surface area contributed by atoms with Gasteiger partial charge in [0, 0.05) is 12.8 Å². The number of rotatable bonds is 0. The van der Waals surface area contributed by atoms with Crippen LogP contribution in [0.25, 0.3) is 0 Å². The number of thiocarbonyl (C=S) groups is 1. The van der Waals surface area contributed by atoms with Crippen LogP contribution in [0, 0.1) is 11.8 Å². The number of hydrogen-bond acceptors (Lipinski definition) is 2. The highest BCUT2D eigenvalue weighted by Gasteiger charge is 2.53. The van der Waals surface area contributed by atoms with E-state index in [0.29, 0.717) is 24.1 Å². The lowest BCUT2D eigenvalue weighted by atomic mass is 9.80. The van der Waals surface area contributed by atoms with E-state index in [4.69, 9.17) is 17.0 Å². The maximum atomic E-state index is 13.3. The molecule has 3 aliphatic rings. The summed E-state index contributed by atoms with van der Waals surface area (Å²) >= 11 is 4.96. The lowest BCUT2D eigenvalue weighted by Gasteiger charge is -2.31. The summed E-state index contributed by atoms with van der Waals surface area (Å²) in [6.07, 6.45) is 2.47. The Hall–Kier alpha value is -0.450. The minimum Gasteiger partial charge on any atom is -0.469 e. The normalized spacial score (nSPS) is 45.2. The number of alkyl halides is 2. The first-order valence-electron chi connectivity index (χ1n) is 5.81. The minimum absolute atomic E-state index is 0.0495. The molecule has 0 bridgehead atoms. The van der Waals surface area contributed by atoms with Gasteiger partial charge in [0.15, 0.2) is 0 Å². The summed E-state index contributed by atoms with van der Waals surface area (Å²) in [6.45, 7) is 0.560. The number of ether oxygens (including phenoxy) is 1. The summed E-state index contributed by atoms with van der Waals surface area (Å²) in [5.41, 5.74) is -0.132. The van der Waals surface area contributed by atoms with E-state index in [1.807, 2.05) is 0 Å². The minimum atomic E-state index is -2.45. The molecule has 2 nitrogen and oxygen atoms in total. The van der Waals surface area contributed by atoms with Crippen LogP contribution >= 0.6 is 12.2 Å². The Balaban J connectivity index is 1.75. The Morgan fingerprint density at radius 3 is 2.69 bits per heavy atom. The van der Waals surface area contributed by atoms with Crippen molar-refractivity contribution in [3.05, 3.63) is 0 Å². The molecule has 1 heterocycles. The SMILES string of the molecule is FC1(F)CC[C@H]2CC3(COC(=S)N3)C[C@@H]2C1. The van der Waals surface area contributed by atoms with E-state index in [1.165, 1.54) is 0 Å². The van der Waals surface area contributed by atoms with Gasteiger partial charge in [-0.2, -0.15) is 0 Å². The third-order valence-corrected chi connectivity index (χ3v) is 4.48. The molecule has 1 saturated heterocycles. The van der Waals surface area contributed by atoms with Gasteiger partial charge in [-0.15, -0.1) is 0 Å². The molecular formula is C11H15F2NOS. The molecule has 90 valence electrons. The zero-order chi connectivity index (χ0) is 11.4. The standard InChI is InChI=1S/C11H15F2NOS/c12-11(13)2-1-7-3-10(4-8(7)5-11)6-15-9(16)14-10/h7-8H,1-6H2,(H,14,16)/t7-,8+,10?/m0/s1. The van der Waals surface area contributed by atoms with Gasteiger partial charge in [-0.25, -0.2) is 8.78 Å². The van der Waals surface area contributed by atoms with Crippen LogP contribution in [0.5, 0.6) is 0 Å². The highest BCUT2D eigenvalue weighted by molar-refractivity contribution is 7.80. The topological polar surface area (TPSA) is 21.3 Å². The summed E-state index contributed by atoms with van der Waals surface area (Å²) in [6, 6.07) is 0. The summed E-state index contributed by atoms with van der Waals surface area (Å²) in [5, 5.41) is 3.61. The van der Waals surface area contributed by atoms with E-state index < -0.39 is 5.92 Å². The molecule has 1 aliphatic heterocycles. The number of fused-ring (bicyclic) bond motifs is 1. The van der Waals surface area contributed by atoms with Gasteiger partial charge in [-0.3, -0.25) is 0 Å². The summed E-state index contributed by atoms with van der Waals surface area (Å²) in [7, 11) is 0. The second-order valence-electron chi connectivity index (χ2n) is 5.51. The molecule has 0 radical (unpaired) electrons. The van der Waals surface area contributed by atoms with Gasteiger partial charge in [-0.05, 0) is 43.3 Å². The van der Waals surface area contributed by atoms with Crippen molar-refractivity contribution in [2.75, 3.05) is 6.61 Å². The average Bonchev–Trinajstić information content (AvgIpc) is 2.68. The van der Waals surface area contributed by atoms with E-state index >= 15 is 0 Å². The molecule has 1 unspecified atom stereocenters. The Labute approximate surface area is 98.7 Å². The lowest BCUT2D eigenvalue weighted by Crippen LogP contribution is -2.41. The largest absolute Gasteiger partial charge is 0.469 e. The zero-order valence-electron chi connectivity index (χ0n) is 8.97. The van der Waals surface area contributed by atoms with Crippen LogP contribution in [0.4, 0.5) is 8.78 Å². The fourth-order valence-electron chi connectivity index (χ4n) is 3.59. The monoisotopic (exact) mass is 247 g/mol. The van der Waals surface area contributed by atoms with Crippen LogP contribution in [0.1, 0.15) is 32.1 Å². The third kappa shape index (κ3) is 1.69. The van der Waals surface area contributed by atoms with Gasteiger partial charge in [0.25, 0.3) is 5.17 Å². The molecule has 1 spiro atoms. The van der Waals surface area contributed by atoms with Crippen LogP contribution in [-0.4, -0.2) is 23.2 Å². The molecule has 0 amide bonds. The first-order valence-corrected chi connectivity index (χ1v) is 6.22. The van der Waals surface area contributed by atoms with Crippen LogP contribution in [-0.2, 0) is 4.74 Å². The quantitative estimate of drug-likeness (QED) is 0.664. The summed E-state index contributed by atoms with van der Waals surface area (Å²) in [4.78, 5) is 0. The maximum absolute atomic E-state index is 13.3. The smallest absolute Gasteiger partial charge is 0.257 e. The van der Waals surface area contributed by atoms with Crippen molar-refractivity contribution >= 4 is 17.4 Å². The average molecular weight is 247 g/mol. The highest BCUT2D eigenvalue weighted by Crippen LogP contribution is 2.52. The summed E-state index contributed by atoms with van der Waals surface area (Å²) in [5.74, 6) is -1.88. The second kappa shape index (κ2) is 3.28. The van der Waals surface area contributed by atoms with Crippen molar-refractivity contribution in [1.29, 1.82) is 0 Å². The molecule has 0 aromatic rings. The molecule has 2 aliphatic carbocycles. The highest BCUT2D eigenvalue weighted by atomic mass is 32.1. The van der Waals surface area contributed by atoms with Crippen LogP contribution in [0.15, 0.2) is 0 Å². The third-order valence-electron chi connectivity index (χ3n) is 4.26. The van der Waals surface area contributed by atoms with Gasteiger partial charge in [0.2, 0.25) is 5.92 Å². The van der Waals surface area contributed by atoms with Crippen LogP contribution in [0.2, 0.25) is 0 Å². The molecule has 3 rings (SSSR count). The van der Waals surface area contributed by atoms with Gasteiger partial charge < -0.3 is 10.1 Å². The van der Waals surface area contributed by atoms with Gasteiger partial charge in [0.05, 0.1) is 5.54 Å². The van der Waals surface area contributed by atoms with E-state index in [0.717, 1.165) is 12.8 Å². The van der Waals surface area contributed by atoms with E-state index in [2.05, 4.69) is 5.32 Å². The number of halogens is 2. The van der Waals surface area contributed by atoms with Crippen molar-refractivity contribution < 1.29 is 13.5 Å². The second-order valence-corrected chi connectivity index (χ2v) is 5.88. The van der Waals surface area contributed by atoms with Crippen LogP contribution < -0.4 is 5.32 Å². The maximum Gasteiger partial charge on any atom is 0.257 e. The van der Waals surface area contributed by atoms with E-state index in [1.54, 1.807) is 0 Å². The molecule has 0 aromatic heterocycles. The zero-order valence-corrected chi connectivity index (χ0v) is 9.79. The van der Waals surface area contributed by atoms with E-state index in [9.17, 15) is 8.78 Å². The molecule has 0 aromatic carbocycles. The van der Waals surface area contributed by atoms with Crippen molar-refractivity contribution in [2.24, 2.45) is 11.8 Å². The first-order chi connectivity index (χ1) is 7.48. The Morgan fingerprint density at radius 1 is 1.25 bits per heavy atom. The van der Waals surface area contributed by atoms with Crippen molar-refractivity contribution in [3.63, 3.8) is 0 Å². The molecule has 2 saturated carbocycles. The molecule has 16 heavy (non-hydrogen) atoms. The Kier molecular flexibility index (Phi) is 2.19. The predicted molar refractivity (Wildman–Crippen MR) is 59.4 cm³/mol. The van der Waals surface area contributed by atoms with Gasteiger partial charge in [-0.1, -0.05) is 0 Å². The molecular weight excluding hydrogens is 232 g/mol. The number of hydrogen-bond donors (Lipinski definition) is 1. The molecule has 3 fully saturated rings. The Bertz CT molecular complexity index is 336. The fraction of sp³-hybridized carbons (Fsp3) is 0.909. The molecule has 5 heteroatoms. The van der Waals surface area contributed by atoms with E-state index in [-0.39, 0.29) is 24.3 Å². The van der Waals surface area contributed by atoms with Gasteiger partial charge in [0.1, 0.15) is 6.61 Å². The summed E-state index contributed by atoms with van der Waals surface area (Å²) < 4.78 is 31.9. The van der Waals surface area contributed by atoms with Crippen molar-refractivity contribution in [2.45, 2.75) is 43.6 Å². The molecule has 1 N–H and O–H groups in total. The van der Waals surface area contributed by atoms with Crippen molar-refractivity contribution in [1.82, 2.24) is 5.32 Å². The van der Waals surface area contributed by atoms with Gasteiger partial charge >= 0.3 is 0 Å². The number of nitrogens with one attached hydrogen (secondary N) is 1. The Morgan fingerprint density at radius 2 is 2.00 bits per heavy atom. The predicted octanol–water partition coefficient (Wildman–Crippen LogP) is 2.48. The lowest BCUT2D eigenvalue weighted by molar-refractivity contribution is -0.0634. The van der Waals surface area contributed by atoms with Crippen molar-refractivity contribution in [3.8, 4) is 0 Å². The fourth-order valence-corrected chi connectivity index (χ4v) is 3.87. The molecule has 3 atom stereocenters. The first kappa shape index (κ1) is 10.7. The van der Waals surface area contributed by atoms with Crippen LogP contribution in [0.3, 0.4) is 0 Å².